The maximum Gasteiger partial charge on any atom is 0.436 e. The van der Waals surface area contributed by atoms with Gasteiger partial charge in [0.15, 0.2) is 5.70 Å². The van der Waals surface area contributed by atoms with Crippen molar-refractivity contribution in [3.63, 3.8) is 0 Å². The number of likely N-dealkylation sites (N-methyl/N-ethyl adjacent to an activating group) is 1. The molecule has 4 amide bonds. The monoisotopic (exact) mass is 663 g/mol. The van der Waals surface area contributed by atoms with E-state index in [-0.39, 0.29) is 53.6 Å². The minimum atomic E-state index is -1.52. The number of imide groups is 1. The molecule has 1 aliphatic carbocycles. The maximum absolute atomic E-state index is 14.8. The summed E-state index contributed by atoms with van der Waals surface area (Å²) in [7, 11) is 1.74. The van der Waals surface area contributed by atoms with Gasteiger partial charge in [0.25, 0.3) is 5.91 Å². The van der Waals surface area contributed by atoms with Crippen LogP contribution in [0.2, 0.25) is 0 Å². The molecule has 3 aliphatic rings. The summed E-state index contributed by atoms with van der Waals surface area (Å²) in [5, 5.41) is 28.1. The van der Waals surface area contributed by atoms with Crippen LogP contribution >= 0.6 is 22.6 Å². The lowest BCUT2D eigenvalue weighted by atomic mass is 9.96. The van der Waals surface area contributed by atoms with Gasteiger partial charge in [0.05, 0.1) is 5.69 Å². The molecule has 1 saturated carbocycles. The van der Waals surface area contributed by atoms with Crippen molar-refractivity contribution >= 4 is 57.5 Å². The Hall–Kier alpha value is -3.33. The Labute approximate surface area is 245 Å². The van der Waals surface area contributed by atoms with Gasteiger partial charge in [-0.15, -0.1) is 0 Å². The topological polar surface area (TPSA) is 125 Å². The molecule has 0 aromatic heterocycles. The molecular weight excluding hydrogens is 632 g/mol. The van der Waals surface area contributed by atoms with Gasteiger partial charge in [0.2, 0.25) is 5.91 Å². The van der Waals surface area contributed by atoms with Gasteiger partial charge in [0, 0.05) is 60.1 Å². The summed E-state index contributed by atoms with van der Waals surface area (Å²) in [6.45, 7) is 5.23. The number of urea groups is 1. The lowest BCUT2D eigenvalue weighted by Crippen LogP contribution is -2.64. The third-order valence-corrected chi connectivity index (χ3v) is 7.25. The Balaban J connectivity index is 0.00000118. The summed E-state index contributed by atoms with van der Waals surface area (Å²) in [5.41, 5.74) is 1.16. The smallest absolute Gasteiger partial charge is 0.436 e. The summed E-state index contributed by atoms with van der Waals surface area (Å²) in [5.74, 6) is -1.16. The van der Waals surface area contributed by atoms with Gasteiger partial charge in [-0.2, -0.15) is 0 Å². The van der Waals surface area contributed by atoms with Crippen molar-refractivity contribution in [2.24, 2.45) is 0 Å². The quantitative estimate of drug-likeness (QED) is 0.237. The maximum atomic E-state index is 14.8. The van der Waals surface area contributed by atoms with Gasteiger partial charge in [-0.05, 0) is 73.5 Å². The van der Waals surface area contributed by atoms with E-state index in [1.54, 1.807) is 50.1 Å². The number of anilines is 2. The zero-order valence-corrected chi connectivity index (χ0v) is 24.8. The largest absolute Gasteiger partial charge is 0.613 e. The van der Waals surface area contributed by atoms with E-state index in [0.29, 0.717) is 27.7 Å². The molecule has 2 fully saturated rings. The van der Waals surface area contributed by atoms with Gasteiger partial charge in [-0.25, -0.2) is 18.7 Å². The lowest BCUT2D eigenvalue weighted by Gasteiger charge is -2.49. The van der Waals surface area contributed by atoms with Crippen molar-refractivity contribution in [2.45, 2.75) is 39.7 Å². The van der Waals surface area contributed by atoms with E-state index < -0.39 is 22.4 Å². The van der Waals surface area contributed by atoms with Gasteiger partial charge in [0.1, 0.15) is 22.9 Å². The van der Waals surface area contributed by atoms with Crippen LogP contribution in [0.1, 0.15) is 33.6 Å². The summed E-state index contributed by atoms with van der Waals surface area (Å²) in [6, 6.07) is 9.56. The first-order valence-corrected chi connectivity index (χ1v) is 13.9. The molecule has 1 unspecified atom stereocenters. The summed E-state index contributed by atoms with van der Waals surface area (Å²) >= 11 is 2.01. The van der Waals surface area contributed by atoms with Gasteiger partial charge >= 0.3 is 6.03 Å². The zero-order chi connectivity index (χ0) is 29.4. The number of carbonyl (C=O) groups is 3. The molecule has 0 bridgehead atoms. The number of halogens is 2. The fourth-order valence-electron chi connectivity index (χ4n) is 4.86. The van der Waals surface area contributed by atoms with Crippen molar-refractivity contribution in [3.8, 4) is 0 Å². The molecule has 0 radical (unpaired) electrons. The number of carbonyl (C=O) groups excluding carboxylic acids is 3. The van der Waals surface area contributed by atoms with E-state index >= 15 is 0 Å². The molecule has 5 rings (SSSR count). The van der Waals surface area contributed by atoms with E-state index in [2.05, 4.69) is 10.6 Å². The van der Waals surface area contributed by atoms with Crippen LogP contribution in [0.5, 0.6) is 0 Å². The molecule has 2 aromatic carbocycles. The number of quaternary nitrogens is 1. The van der Waals surface area contributed by atoms with Crippen molar-refractivity contribution in [1.29, 1.82) is 0 Å². The van der Waals surface area contributed by atoms with Crippen LogP contribution in [-0.2, 0) is 9.59 Å². The van der Waals surface area contributed by atoms with Crippen molar-refractivity contribution < 1.29 is 23.9 Å². The number of hydroxylamine groups is 2. The third-order valence-electron chi connectivity index (χ3n) is 6.58. The van der Waals surface area contributed by atoms with E-state index in [9.17, 15) is 24.0 Å². The number of nitrogens with zero attached hydrogens (tertiary/aromatic N) is 3. The van der Waals surface area contributed by atoms with E-state index in [1.165, 1.54) is 25.1 Å². The normalized spacial score (nSPS) is 20.7. The first-order valence-electron chi connectivity index (χ1n) is 12.8. The molecule has 1 saturated heterocycles. The van der Waals surface area contributed by atoms with Crippen LogP contribution in [0.25, 0.3) is 0 Å². The van der Waals surface area contributed by atoms with Crippen LogP contribution in [0.15, 0.2) is 65.1 Å². The number of aliphatic hydroxyl groups excluding tert-OH is 1. The number of aliphatic hydroxyl groups is 1. The van der Waals surface area contributed by atoms with Crippen molar-refractivity contribution in [1.82, 2.24) is 14.4 Å². The second-order valence-electron chi connectivity index (χ2n) is 9.80. The highest BCUT2D eigenvalue weighted by atomic mass is 127. The van der Waals surface area contributed by atoms with Crippen molar-refractivity contribution in [3.05, 3.63) is 79.7 Å². The number of hydrogen-bond donors (Lipinski definition) is 3. The van der Waals surface area contributed by atoms with Crippen molar-refractivity contribution in [2.75, 3.05) is 30.8 Å². The second-order valence-corrected chi connectivity index (χ2v) is 11.0. The van der Waals surface area contributed by atoms with Gasteiger partial charge < -0.3 is 25.8 Å². The summed E-state index contributed by atoms with van der Waals surface area (Å²) < 4.78 is 14.0. The number of rotatable bonds is 5. The van der Waals surface area contributed by atoms with Crippen LogP contribution < -0.4 is 15.3 Å². The number of amides is 4. The molecule has 0 spiro atoms. The Kier molecular flexibility index (Phi) is 8.63. The lowest BCUT2D eigenvalue weighted by molar-refractivity contribution is -0.126. The molecule has 10 nitrogen and oxygen atoms in total. The van der Waals surface area contributed by atoms with E-state index in [4.69, 9.17) is 5.11 Å². The molecular formula is C28H31FIN5O5. The molecule has 2 aliphatic heterocycles. The van der Waals surface area contributed by atoms with Crippen LogP contribution in [0.4, 0.5) is 26.2 Å². The predicted molar refractivity (Wildman–Crippen MR) is 159 cm³/mol. The average Bonchev–Trinajstić information content (AvgIpc) is 3.71. The molecule has 12 heteroatoms. The molecule has 2 aromatic rings. The third kappa shape index (κ3) is 5.48. The zero-order valence-electron chi connectivity index (χ0n) is 22.6. The van der Waals surface area contributed by atoms with E-state index in [1.807, 2.05) is 22.6 Å². The highest BCUT2D eigenvalue weighted by Gasteiger charge is 2.57. The Morgan fingerprint density at radius 2 is 1.90 bits per heavy atom. The number of hydrogen-bond acceptors (Lipinski definition) is 7. The van der Waals surface area contributed by atoms with E-state index in [0.717, 1.165) is 4.90 Å². The first kappa shape index (κ1) is 29.6. The minimum Gasteiger partial charge on any atom is -0.613 e. The Morgan fingerprint density at radius 1 is 1.23 bits per heavy atom. The number of nitrogens with one attached hydrogen (secondary N) is 2. The fraction of sp³-hybridized carbons (Fsp3) is 0.321. The fourth-order valence-corrected chi connectivity index (χ4v) is 5.32. The van der Waals surface area contributed by atoms with Crippen LogP contribution in [0, 0.1) is 14.6 Å². The number of benzene rings is 2. The molecule has 2 heterocycles. The van der Waals surface area contributed by atoms with Crippen LogP contribution in [-0.4, -0.2) is 59.0 Å². The van der Waals surface area contributed by atoms with Gasteiger partial charge in [-0.1, -0.05) is 6.07 Å². The summed E-state index contributed by atoms with van der Waals surface area (Å²) in [6.07, 6.45) is 1.22. The second kappa shape index (κ2) is 11.6. The molecule has 40 heavy (non-hydrogen) atoms. The molecule has 212 valence electrons. The Bertz CT molecular complexity index is 1440. The van der Waals surface area contributed by atoms with Gasteiger partial charge in [-0.3, -0.25) is 9.59 Å². The predicted octanol–water partition coefficient (Wildman–Crippen LogP) is 4.86. The Morgan fingerprint density at radius 3 is 2.50 bits per heavy atom. The highest BCUT2D eigenvalue weighted by Crippen LogP contribution is 2.46. The average molecular weight is 663 g/mol. The molecule has 1 atom stereocenters. The standard InChI is InChI=1S/C26H25FIN5O4.C2H6O/c1-14-13-31(3)24(30-21-10-7-16(28)11-20(21)27)22-23(14)33(37,26(36)32(25(22)35)18-8-9-18)19-6-4-5-17(12-19)29-15(2)34;1-2-3/h4-7,10-12,18,30H,8-9,13H2,1-3H3,(H,29,34);3H,2H2,1H3. The molecule has 3 N–H and O–H groups in total. The highest BCUT2D eigenvalue weighted by molar-refractivity contribution is 14.1. The number of fused-ring (bicyclic) bond motifs is 1. The first-order chi connectivity index (χ1) is 18.9. The minimum absolute atomic E-state index is 0.0124. The van der Waals surface area contributed by atoms with Crippen LogP contribution in [0.3, 0.4) is 0 Å². The SMILES string of the molecule is CC(=O)Nc1cccc([N+]2([O-])C(=O)N(C3CC3)C(=O)C3=C(Nc4ccc(I)cc4F)N(C)CC(C)=C32)c1.CCO. The summed E-state index contributed by atoms with van der Waals surface area (Å²) in [4.78, 5) is 42.1.